The van der Waals surface area contributed by atoms with Gasteiger partial charge in [0.15, 0.2) is 0 Å². The Kier molecular flexibility index (Phi) is 3.85. The molecule has 0 radical (unpaired) electrons. The fourth-order valence-electron chi connectivity index (χ4n) is 3.24. The molecule has 0 bridgehead atoms. The van der Waals surface area contributed by atoms with Gasteiger partial charge in [-0.15, -0.1) is 0 Å². The molecule has 2 heterocycles. The van der Waals surface area contributed by atoms with Gasteiger partial charge in [-0.2, -0.15) is 0 Å². The number of rotatable bonds is 3. The zero-order chi connectivity index (χ0) is 13.1. The number of carbonyl (C=O) groups is 1. The van der Waals surface area contributed by atoms with Gasteiger partial charge in [-0.3, -0.25) is 4.79 Å². The minimum Gasteiger partial charge on any atom is -0.343 e. The normalized spacial score (nSPS) is 19.3. The number of hydrogen-bond acceptors (Lipinski definition) is 2. The topological polar surface area (TPSA) is 38.1 Å². The number of carbonyl (C=O) groups excluding carboxylic acids is 1. The molecule has 104 valence electrons. The van der Waals surface area contributed by atoms with Crippen LogP contribution in [-0.4, -0.2) is 33.4 Å². The fraction of sp³-hybridized carbons (Fsp3) is 0.733. The summed E-state index contributed by atoms with van der Waals surface area (Å²) in [4.78, 5) is 18.7. The molecule has 0 N–H and O–H groups in total. The lowest BCUT2D eigenvalue weighted by Crippen LogP contribution is -2.36. The largest absolute Gasteiger partial charge is 0.343 e. The quantitative estimate of drug-likeness (QED) is 0.836. The summed E-state index contributed by atoms with van der Waals surface area (Å²) >= 11 is 0. The van der Waals surface area contributed by atoms with Gasteiger partial charge in [-0.25, -0.2) is 4.98 Å². The molecule has 0 unspecified atom stereocenters. The first-order chi connectivity index (χ1) is 9.34. The van der Waals surface area contributed by atoms with Crippen molar-refractivity contribution in [2.24, 2.45) is 0 Å². The summed E-state index contributed by atoms with van der Waals surface area (Å²) in [5, 5.41) is 0. The third-order valence-electron chi connectivity index (χ3n) is 4.39. The van der Waals surface area contributed by atoms with Crippen molar-refractivity contribution in [3.8, 4) is 0 Å². The van der Waals surface area contributed by atoms with Crippen molar-refractivity contribution in [3.05, 3.63) is 17.7 Å². The van der Waals surface area contributed by atoms with Crippen LogP contribution in [0.15, 0.2) is 6.33 Å². The van der Waals surface area contributed by atoms with Crippen LogP contribution in [0.5, 0.6) is 0 Å². The van der Waals surface area contributed by atoms with E-state index in [4.69, 9.17) is 0 Å². The molecule has 19 heavy (non-hydrogen) atoms. The summed E-state index contributed by atoms with van der Waals surface area (Å²) in [5.41, 5.74) is 2.63. The van der Waals surface area contributed by atoms with Crippen LogP contribution in [0.4, 0.5) is 0 Å². The van der Waals surface area contributed by atoms with Crippen LogP contribution in [0.25, 0.3) is 0 Å². The van der Waals surface area contributed by atoms with Gasteiger partial charge >= 0.3 is 0 Å². The van der Waals surface area contributed by atoms with E-state index in [2.05, 4.69) is 9.55 Å². The molecule has 3 rings (SSSR count). The van der Waals surface area contributed by atoms with E-state index in [9.17, 15) is 4.79 Å². The maximum atomic E-state index is 12.2. The van der Waals surface area contributed by atoms with Gasteiger partial charge in [-0.1, -0.05) is 0 Å². The maximum Gasteiger partial charge on any atom is 0.224 e. The van der Waals surface area contributed by atoms with Gasteiger partial charge in [0.05, 0.1) is 12.0 Å². The molecule has 0 atom stereocenters. The number of piperidine rings is 1. The van der Waals surface area contributed by atoms with Crippen LogP contribution in [0, 0.1) is 0 Å². The molecule has 1 saturated heterocycles. The first kappa shape index (κ1) is 12.7. The number of aromatic nitrogens is 2. The summed E-state index contributed by atoms with van der Waals surface area (Å²) in [6.45, 7) is 2.72. The van der Waals surface area contributed by atoms with Gasteiger partial charge in [-0.05, 0) is 44.9 Å². The molecule has 4 heteroatoms. The van der Waals surface area contributed by atoms with E-state index in [1.165, 1.54) is 43.5 Å². The predicted octanol–water partition coefficient (Wildman–Crippen LogP) is 2.16. The van der Waals surface area contributed by atoms with E-state index >= 15 is 0 Å². The molecular weight excluding hydrogens is 238 g/mol. The predicted molar refractivity (Wildman–Crippen MR) is 73.9 cm³/mol. The number of likely N-dealkylation sites (tertiary alicyclic amines) is 1. The van der Waals surface area contributed by atoms with Crippen molar-refractivity contribution in [1.82, 2.24) is 14.5 Å². The van der Waals surface area contributed by atoms with Crippen LogP contribution < -0.4 is 0 Å². The molecule has 2 aliphatic rings. The molecule has 0 saturated carbocycles. The zero-order valence-electron chi connectivity index (χ0n) is 11.6. The van der Waals surface area contributed by atoms with Crippen LogP contribution in [0.3, 0.4) is 0 Å². The highest BCUT2D eigenvalue weighted by molar-refractivity contribution is 5.76. The molecule has 0 aromatic carbocycles. The molecule has 1 aromatic heterocycles. The van der Waals surface area contributed by atoms with Gasteiger partial charge in [0.25, 0.3) is 0 Å². The minimum absolute atomic E-state index is 0.318. The monoisotopic (exact) mass is 261 g/mol. The van der Waals surface area contributed by atoms with Crippen LogP contribution in [0.2, 0.25) is 0 Å². The van der Waals surface area contributed by atoms with Gasteiger partial charge < -0.3 is 9.47 Å². The smallest absolute Gasteiger partial charge is 0.224 e. The number of hydrogen-bond donors (Lipinski definition) is 0. The first-order valence-corrected chi connectivity index (χ1v) is 7.65. The van der Waals surface area contributed by atoms with E-state index in [0.717, 1.165) is 32.5 Å². The van der Waals surface area contributed by atoms with Crippen molar-refractivity contribution in [3.63, 3.8) is 0 Å². The maximum absolute atomic E-state index is 12.2. The second kappa shape index (κ2) is 5.76. The molecular formula is C15H23N3O. The third-order valence-corrected chi connectivity index (χ3v) is 4.39. The van der Waals surface area contributed by atoms with Crippen molar-refractivity contribution in [1.29, 1.82) is 0 Å². The standard InChI is InChI=1S/C15H23N3O/c19-15(17-9-4-1-5-10-17)8-11-18-12-16-13-6-2-3-7-14(13)18/h12H,1-11H2. The van der Waals surface area contributed by atoms with E-state index in [-0.39, 0.29) is 0 Å². The van der Waals surface area contributed by atoms with Gasteiger partial charge in [0, 0.05) is 31.7 Å². The summed E-state index contributed by atoms with van der Waals surface area (Å²) < 4.78 is 2.20. The third kappa shape index (κ3) is 2.82. The van der Waals surface area contributed by atoms with Crippen molar-refractivity contribution in [2.45, 2.75) is 57.9 Å². The lowest BCUT2D eigenvalue weighted by Gasteiger charge is -2.27. The highest BCUT2D eigenvalue weighted by atomic mass is 16.2. The number of imidazole rings is 1. The van der Waals surface area contributed by atoms with Crippen molar-refractivity contribution < 1.29 is 4.79 Å². The van der Waals surface area contributed by atoms with Crippen molar-refractivity contribution in [2.75, 3.05) is 13.1 Å². The van der Waals surface area contributed by atoms with E-state index in [0.29, 0.717) is 12.3 Å². The SMILES string of the molecule is O=C(CCn1cnc2c1CCCC2)N1CCCCC1. The second-order valence-electron chi connectivity index (χ2n) is 5.73. The Balaban J connectivity index is 1.57. The molecule has 1 aliphatic heterocycles. The summed E-state index contributed by atoms with van der Waals surface area (Å²) in [7, 11) is 0. The Morgan fingerprint density at radius 1 is 1.11 bits per heavy atom. The average molecular weight is 261 g/mol. The number of fused-ring (bicyclic) bond motifs is 1. The number of amides is 1. The molecule has 1 aromatic rings. The summed E-state index contributed by atoms with van der Waals surface area (Å²) in [6.07, 6.45) is 10.9. The van der Waals surface area contributed by atoms with Crippen LogP contribution >= 0.6 is 0 Å². The molecule has 0 spiro atoms. The molecule has 1 aliphatic carbocycles. The highest BCUT2D eigenvalue weighted by Gasteiger charge is 2.18. The first-order valence-electron chi connectivity index (χ1n) is 7.65. The Morgan fingerprint density at radius 3 is 2.74 bits per heavy atom. The Hall–Kier alpha value is -1.32. The Morgan fingerprint density at radius 2 is 1.89 bits per heavy atom. The van der Waals surface area contributed by atoms with Crippen LogP contribution in [0.1, 0.15) is 49.9 Å². The Bertz CT molecular complexity index is 446. The lowest BCUT2D eigenvalue weighted by molar-refractivity contribution is -0.132. The molecule has 4 nitrogen and oxygen atoms in total. The van der Waals surface area contributed by atoms with Gasteiger partial charge in [0.1, 0.15) is 0 Å². The summed E-state index contributed by atoms with van der Waals surface area (Å²) in [5.74, 6) is 0.318. The minimum atomic E-state index is 0.318. The average Bonchev–Trinajstić information content (AvgIpc) is 2.89. The zero-order valence-corrected chi connectivity index (χ0v) is 11.6. The van der Waals surface area contributed by atoms with E-state index < -0.39 is 0 Å². The number of aryl methyl sites for hydroxylation is 2. The number of nitrogens with zero attached hydrogens (tertiary/aromatic N) is 3. The second-order valence-corrected chi connectivity index (χ2v) is 5.73. The van der Waals surface area contributed by atoms with E-state index in [1.807, 2.05) is 11.2 Å². The Labute approximate surface area is 114 Å². The lowest BCUT2D eigenvalue weighted by atomic mass is 10.0. The molecule has 1 amide bonds. The highest BCUT2D eigenvalue weighted by Crippen LogP contribution is 2.20. The molecule has 1 fully saturated rings. The van der Waals surface area contributed by atoms with Crippen molar-refractivity contribution >= 4 is 5.91 Å². The summed E-state index contributed by atoms with van der Waals surface area (Å²) in [6, 6.07) is 0. The van der Waals surface area contributed by atoms with Crippen LogP contribution in [-0.2, 0) is 24.2 Å². The van der Waals surface area contributed by atoms with E-state index in [1.54, 1.807) is 0 Å². The fourth-order valence-corrected chi connectivity index (χ4v) is 3.24. The van der Waals surface area contributed by atoms with Gasteiger partial charge in [0.2, 0.25) is 5.91 Å².